The van der Waals surface area contributed by atoms with Crippen LogP contribution in [0.3, 0.4) is 0 Å². The van der Waals surface area contributed by atoms with Crippen molar-refractivity contribution in [1.29, 1.82) is 0 Å². The van der Waals surface area contributed by atoms with Crippen LogP contribution in [0.25, 0.3) is 0 Å². The first-order chi connectivity index (χ1) is 14.0. The number of halogens is 1. The van der Waals surface area contributed by atoms with E-state index in [0.29, 0.717) is 17.3 Å². The van der Waals surface area contributed by atoms with Crippen molar-refractivity contribution in [2.45, 2.75) is 24.7 Å². The van der Waals surface area contributed by atoms with E-state index in [1.165, 1.54) is 11.8 Å². The quantitative estimate of drug-likeness (QED) is 0.738. The Bertz CT molecular complexity index is 860. The van der Waals surface area contributed by atoms with Crippen LogP contribution in [0.4, 0.5) is 16.2 Å². The molecule has 154 valence electrons. The Morgan fingerprint density at radius 2 is 2.07 bits per heavy atom. The van der Waals surface area contributed by atoms with E-state index in [4.69, 9.17) is 16.3 Å². The van der Waals surface area contributed by atoms with Gasteiger partial charge in [0.25, 0.3) is 0 Å². The van der Waals surface area contributed by atoms with Crippen LogP contribution in [0.1, 0.15) is 13.3 Å². The third-order valence-corrected chi connectivity index (χ3v) is 6.47. The van der Waals surface area contributed by atoms with Crippen LogP contribution in [0.15, 0.2) is 39.8 Å². The summed E-state index contributed by atoms with van der Waals surface area (Å²) in [4.78, 5) is 28.2. The lowest BCUT2D eigenvalue weighted by Crippen LogP contribution is -2.40. The maximum Gasteiger partial charge on any atom is 0.414 e. The van der Waals surface area contributed by atoms with Crippen molar-refractivity contribution in [3.05, 3.63) is 34.7 Å². The van der Waals surface area contributed by atoms with Crippen LogP contribution in [-0.4, -0.2) is 55.4 Å². The van der Waals surface area contributed by atoms with Crippen molar-refractivity contribution < 1.29 is 14.3 Å². The second-order valence-electron chi connectivity index (χ2n) is 6.95. The van der Waals surface area contributed by atoms with Crippen LogP contribution in [0, 0.1) is 0 Å². The summed E-state index contributed by atoms with van der Waals surface area (Å²) < 4.78 is 6.06. The number of ether oxygens (including phenoxy) is 1. The molecule has 2 atom stereocenters. The Hall–Kier alpha value is -2.39. The number of carbonyl (C=O) groups excluding carboxylic acids is 2. The highest BCUT2D eigenvalue weighted by molar-refractivity contribution is 8.06. The van der Waals surface area contributed by atoms with Crippen LogP contribution in [0.2, 0.25) is 0 Å². The third-order valence-electron chi connectivity index (χ3n) is 4.97. The lowest BCUT2D eigenvalue weighted by Gasteiger charge is -2.28. The van der Waals surface area contributed by atoms with Gasteiger partial charge >= 0.3 is 6.09 Å². The summed E-state index contributed by atoms with van der Waals surface area (Å²) in [6.07, 6.45) is 1.67. The van der Waals surface area contributed by atoms with Crippen molar-refractivity contribution in [3.8, 4) is 0 Å². The normalized spacial score (nSPS) is 24.0. The fourth-order valence-corrected chi connectivity index (χ4v) is 4.70. The van der Waals surface area contributed by atoms with E-state index in [2.05, 4.69) is 20.7 Å². The molecule has 0 spiro atoms. The molecule has 1 aromatic carbocycles. The van der Waals surface area contributed by atoms with Gasteiger partial charge in [-0.15, -0.1) is 11.8 Å². The number of hydrazone groups is 1. The smallest absolute Gasteiger partial charge is 0.414 e. The number of hydrogen-bond donors (Lipinski definition) is 2. The van der Waals surface area contributed by atoms with Crippen molar-refractivity contribution >= 4 is 52.6 Å². The SMILES string of the molecule is CC1=NNCCN1c1ccc(N2C[C@H](CNC(=O)C3CC=C(Cl)S3)OC2=O)cc1. The summed E-state index contributed by atoms with van der Waals surface area (Å²) in [5.41, 5.74) is 4.76. The summed E-state index contributed by atoms with van der Waals surface area (Å²) in [5, 5.41) is 6.89. The van der Waals surface area contributed by atoms with E-state index in [9.17, 15) is 9.59 Å². The number of benzene rings is 1. The fourth-order valence-electron chi connectivity index (χ4n) is 3.44. The van der Waals surface area contributed by atoms with Crippen molar-refractivity contribution in [3.63, 3.8) is 0 Å². The summed E-state index contributed by atoms with van der Waals surface area (Å²) in [6.45, 7) is 4.24. The third kappa shape index (κ3) is 4.45. The molecule has 0 aromatic heterocycles. The van der Waals surface area contributed by atoms with Crippen LogP contribution in [0.5, 0.6) is 0 Å². The van der Waals surface area contributed by atoms with Gasteiger partial charge in [-0.05, 0) is 37.6 Å². The molecule has 1 aromatic rings. The molecule has 10 heteroatoms. The highest BCUT2D eigenvalue weighted by atomic mass is 35.5. The molecule has 0 radical (unpaired) electrons. The molecule has 2 N–H and O–H groups in total. The molecule has 8 nitrogen and oxygen atoms in total. The molecule has 0 saturated carbocycles. The number of rotatable bonds is 5. The predicted molar refractivity (Wildman–Crippen MR) is 115 cm³/mol. The number of anilines is 2. The van der Waals surface area contributed by atoms with E-state index in [-0.39, 0.29) is 23.8 Å². The van der Waals surface area contributed by atoms with Gasteiger partial charge in [0.05, 0.1) is 29.2 Å². The predicted octanol–water partition coefficient (Wildman–Crippen LogP) is 2.46. The number of carbonyl (C=O) groups is 2. The van der Waals surface area contributed by atoms with E-state index < -0.39 is 6.09 Å². The molecule has 29 heavy (non-hydrogen) atoms. The average Bonchev–Trinajstić information content (AvgIpc) is 3.32. The van der Waals surface area contributed by atoms with Gasteiger partial charge in [0.1, 0.15) is 11.9 Å². The van der Waals surface area contributed by atoms with Crippen LogP contribution in [-0.2, 0) is 9.53 Å². The maximum atomic E-state index is 12.3. The minimum atomic E-state index is -0.406. The molecule has 1 unspecified atom stereocenters. The zero-order valence-electron chi connectivity index (χ0n) is 15.9. The number of thioether (sulfide) groups is 1. The first-order valence-corrected chi connectivity index (χ1v) is 10.7. The topological polar surface area (TPSA) is 86.3 Å². The number of hydrogen-bond acceptors (Lipinski definition) is 7. The minimum absolute atomic E-state index is 0.0891. The first kappa shape index (κ1) is 19.9. The summed E-state index contributed by atoms with van der Waals surface area (Å²) >= 11 is 7.26. The van der Waals surface area contributed by atoms with Gasteiger partial charge in [-0.3, -0.25) is 9.69 Å². The Labute approximate surface area is 178 Å². The monoisotopic (exact) mass is 435 g/mol. The molecule has 1 fully saturated rings. The zero-order chi connectivity index (χ0) is 20.4. The first-order valence-electron chi connectivity index (χ1n) is 9.44. The van der Waals surface area contributed by atoms with Gasteiger partial charge < -0.3 is 20.4 Å². The van der Waals surface area contributed by atoms with Gasteiger partial charge in [-0.1, -0.05) is 17.7 Å². The van der Waals surface area contributed by atoms with E-state index in [1.54, 1.807) is 4.90 Å². The molecule has 3 aliphatic heterocycles. The van der Waals surface area contributed by atoms with Crippen molar-refractivity contribution in [1.82, 2.24) is 10.7 Å². The summed E-state index contributed by atoms with van der Waals surface area (Å²) in [7, 11) is 0. The molecular formula is C19H22ClN5O3S. The lowest BCUT2D eigenvalue weighted by molar-refractivity contribution is -0.120. The highest BCUT2D eigenvalue weighted by Gasteiger charge is 2.33. The minimum Gasteiger partial charge on any atom is -0.442 e. The number of cyclic esters (lactones) is 1. The number of nitrogens with one attached hydrogen (secondary N) is 2. The average molecular weight is 436 g/mol. The fraction of sp³-hybridized carbons (Fsp3) is 0.421. The molecular weight excluding hydrogens is 414 g/mol. The molecule has 0 bridgehead atoms. The summed E-state index contributed by atoms with van der Waals surface area (Å²) in [6, 6.07) is 7.73. The van der Waals surface area contributed by atoms with Crippen molar-refractivity contribution in [2.75, 3.05) is 36.0 Å². The second-order valence-corrected chi connectivity index (χ2v) is 8.82. The molecule has 3 aliphatic rings. The van der Waals surface area contributed by atoms with E-state index in [1.807, 2.05) is 37.3 Å². The second kappa shape index (κ2) is 8.54. The van der Waals surface area contributed by atoms with Gasteiger partial charge in [-0.2, -0.15) is 5.10 Å². The van der Waals surface area contributed by atoms with Gasteiger partial charge in [0.2, 0.25) is 5.91 Å². The van der Waals surface area contributed by atoms with Gasteiger partial charge in [0.15, 0.2) is 0 Å². The molecule has 4 rings (SSSR count). The maximum absolute atomic E-state index is 12.3. The molecule has 2 amide bonds. The Kier molecular flexibility index (Phi) is 5.86. The largest absolute Gasteiger partial charge is 0.442 e. The lowest BCUT2D eigenvalue weighted by atomic mass is 10.2. The zero-order valence-corrected chi connectivity index (χ0v) is 17.5. The van der Waals surface area contributed by atoms with E-state index >= 15 is 0 Å². The Balaban J connectivity index is 1.32. The van der Waals surface area contributed by atoms with Crippen LogP contribution >= 0.6 is 23.4 Å². The van der Waals surface area contributed by atoms with E-state index in [0.717, 1.165) is 30.3 Å². The van der Waals surface area contributed by atoms with Crippen molar-refractivity contribution in [2.24, 2.45) is 5.10 Å². The number of nitrogens with zero attached hydrogens (tertiary/aromatic N) is 3. The molecule has 1 saturated heterocycles. The highest BCUT2D eigenvalue weighted by Crippen LogP contribution is 2.34. The Morgan fingerprint density at radius 1 is 1.34 bits per heavy atom. The standard InChI is InChI=1S/C19H22ClN5O3S/c1-12-23-22-8-9-24(12)13-2-4-14(5-3-13)25-11-15(28-19(25)27)10-21-18(26)16-6-7-17(20)29-16/h2-5,7,15-16,22H,6,8-11H2,1H3,(H,21,26)/t15-,16?/m0/s1. The molecule has 3 heterocycles. The number of amidine groups is 1. The summed E-state index contributed by atoms with van der Waals surface area (Å²) in [5.74, 6) is 0.811. The van der Waals surface area contributed by atoms with Gasteiger partial charge in [-0.25, -0.2) is 4.79 Å². The number of amides is 2. The Morgan fingerprint density at radius 3 is 2.72 bits per heavy atom. The molecule has 0 aliphatic carbocycles. The number of allylic oxidation sites excluding steroid dienone is 1. The van der Waals surface area contributed by atoms with Gasteiger partial charge in [0, 0.05) is 17.9 Å². The van der Waals surface area contributed by atoms with Crippen LogP contribution < -0.4 is 20.5 Å².